The molecule has 0 aliphatic heterocycles. The highest BCUT2D eigenvalue weighted by Crippen LogP contribution is 2.45. The Hall–Kier alpha value is -0.690. The Bertz CT molecular complexity index is 647. The van der Waals surface area contributed by atoms with E-state index in [1.165, 1.54) is 6.07 Å². The quantitative estimate of drug-likeness (QED) is 0.841. The van der Waals surface area contributed by atoms with Gasteiger partial charge in [0.25, 0.3) is 0 Å². The second kappa shape index (κ2) is 5.83. The molecule has 0 heterocycles. The fourth-order valence-corrected chi connectivity index (χ4v) is 3.98. The van der Waals surface area contributed by atoms with Gasteiger partial charge in [-0.3, -0.25) is 0 Å². The molecule has 1 aromatic carbocycles. The summed E-state index contributed by atoms with van der Waals surface area (Å²) in [5, 5.41) is 3.17. The molecule has 118 valence electrons. The van der Waals surface area contributed by atoms with Crippen molar-refractivity contribution in [2.75, 3.05) is 6.54 Å². The van der Waals surface area contributed by atoms with Gasteiger partial charge in [0.05, 0.1) is 0 Å². The summed E-state index contributed by atoms with van der Waals surface area (Å²) in [4.78, 5) is -0.384. The van der Waals surface area contributed by atoms with E-state index in [0.717, 1.165) is 12.5 Å². The van der Waals surface area contributed by atoms with Crippen LogP contribution in [-0.2, 0) is 16.6 Å². The molecule has 0 spiro atoms. The van der Waals surface area contributed by atoms with Gasteiger partial charge < -0.3 is 5.32 Å². The highest BCUT2D eigenvalue weighted by atomic mass is 35.5. The molecule has 0 bridgehead atoms. The van der Waals surface area contributed by atoms with E-state index in [1.807, 2.05) is 20.8 Å². The molecular formula is C14H20ClFN2O2S. The summed E-state index contributed by atoms with van der Waals surface area (Å²) >= 11 is 5.93. The van der Waals surface area contributed by atoms with E-state index in [4.69, 9.17) is 11.6 Å². The maximum atomic E-state index is 14.4. The number of benzene rings is 1. The molecule has 2 rings (SSSR count). The number of halogens is 2. The van der Waals surface area contributed by atoms with Crippen LogP contribution in [0.5, 0.6) is 0 Å². The SMILES string of the molecule is CCNCc1cc(Cl)cc(S(=O)(=O)NC2CC2(C)C)c1F. The molecule has 1 aliphatic carbocycles. The Morgan fingerprint density at radius 2 is 2.05 bits per heavy atom. The molecule has 2 N–H and O–H groups in total. The van der Waals surface area contributed by atoms with Crippen molar-refractivity contribution in [3.8, 4) is 0 Å². The first kappa shape index (κ1) is 16.7. The molecule has 4 nitrogen and oxygen atoms in total. The lowest BCUT2D eigenvalue weighted by Gasteiger charge is -2.12. The molecule has 1 unspecified atom stereocenters. The molecular weight excluding hydrogens is 315 g/mol. The van der Waals surface area contributed by atoms with Crippen LogP contribution >= 0.6 is 11.6 Å². The lowest BCUT2D eigenvalue weighted by atomic mass is 10.2. The Morgan fingerprint density at radius 1 is 1.43 bits per heavy atom. The zero-order valence-electron chi connectivity index (χ0n) is 12.3. The van der Waals surface area contributed by atoms with Gasteiger partial charge in [-0.2, -0.15) is 0 Å². The van der Waals surface area contributed by atoms with Crippen LogP contribution in [0.25, 0.3) is 0 Å². The molecule has 1 aliphatic rings. The minimum atomic E-state index is -3.91. The third kappa shape index (κ3) is 3.74. The highest BCUT2D eigenvalue weighted by molar-refractivity contribution is 7.89. The second-order valence-corrected chi connectivity index (χ2v) is 8.14. The van der Waals surface area contributed by atoms with Crippen molar-refractivity contribution >= 4 is 21.6 Å². The summed E-state index contributed by atoms with van der Waals surface area (Å²) in [6, 6.07) is 2.45. The van der Waals surface area contributed by atoms with Crippen molar-refractivity contribution < 1.29 is 12.8 Å². The average molecular weight is 335 g/mol. The smallest absolute Gasteiger partial charge is 0.243 e. The van der Waals surface area contributed by atoms with Crippen LogP contribution in [0.1, 0.15) is 32.8 Å². The summed E-state index contributed by atoms with van der Waals surface area (Å²) in [7, 11) is -3.91. The van der Waals surface area contributed by atoms with E-state index in [9.17, 15) is 12.8 Å². The summed E-state index contributed by atoms with van der Waals surface area (Å²) in [6.45, 7) is 6.70. The van der Waals surface area contributed by atoms with Crippen molar-refractivity contribution in [1.82, 2.24) is 10.0 Å². The number of hydrogen-bond acceptors (Lipinski definition) is 3. The molecule has 7 heteroatoms. The maximum Gasteiger partial charge on any atom is 0.243 e. The van der Waals surface area contributed by atoms with Crippen molar-refractivity contribution in [2.24, 2.45) is 5.41 Å². The predicted octanol–water partition coefficient (Wildman–Crippen LogP) is 2.67. The highest BCUT2D eigenvalue weighted by Gasteiger charge is 2.48. The first-order valence-electron chi connectivity index (χ1n) is 6.88. The Balaban J connectivity index is 2.32. The molecule has 1 saturated carbocycles. The van der Waals surface area contributed by atoms with Gasteiger partial charge in [0.2, 0.25) is 10.0 Å². The van der Waals surface area contributed by atoms with Crippen molar-refractivity contribution in [1.29, 1.82) is 0 Å². The molecule has 0 aromatic heterocycles. The summed E-state index contributed by atoms with van der Waals surface area (Å²) in [5.41, 5.74) is 0.175. The molecule has 1 fully saturated rings. The monoisotopic (exact) mass is 334 g/mol. The Labute approximate surface area is 130 Å². The topological polar surface area (TPSA) is 58.2 Å². The lowest BCUT2D eigenvalue weighted by Crippen LogP contribution is -2.29. The number of hydrogen-bond donors (Lipinski definition) is 2. The van der Waals surface area contributed by atoms with E-state index < -0.39 is 15.8 Å². The molecule has 0 radical (unpaired) electrons. The number of sulfonamides is 1. The van der Waals surface area contributed by atoms with E-state index in [2.05, 4.69) is 10.0 Å². The van der Waals surface area contributed by atoms with Crippen LogP contribution in [0.15, 0.2) is 17.0 Å². The fourth-order valence-electron chi connectivity index (χ4n) is 2.12. The van der Waals surface area contributed by atoms with Gasteiger partial charge in [-0.05, 0) is 30.5 Å². The molecule has 0 amide bonds. The Kier molecular flexibility index (Phi) is 4.63. The predicted molar refractivity (Wildman–Crippen MR) is 81.3 cm³/mol. The molecule has 0 saturated heterocycles. The second-order valence-electron chi connectivity index (χ2n) is 6.02. The zero-order valence-corrected chi connectivity index (χ0v) is 13.9. The standard InChI is InChI=1S/C14H20ClFN2O2S/c1-4-17-8-9-5-10(15)6-11(13(9)16)21(19,20)18-12-7-14(12,2)3/h5-6,12,17-18H,4,7-8H2,1-3H3. The van der Waals surface area contributed by atoms with Crippen LogP contribution in [-0.4, -0.2) is 21.0 Å². The van der Waals surface area contributed by atoms with E-state index in [0.29, 0.717) is 6.54 Å². The van der Waals surface area contributed by atoms with Crippen LogP contribution in [0.3, 0.4) is 0 Å². The normalized spacial score (nSPS) is 20.5. The van der Waals surface area contributed by atoms with E-state index in [1.54, 1.807) is 0 Å². The van der Waals surface area contributed by atoms with Crippen molar-refractivity contribution in [3.05, 3.63) is 28.5 Å². The molecule has 1 aromatic rings. The van der Waals surface area contributed by atoms with Gasteiger partial charge in [-0.15, -0.1) is 0 Å². The first-order valence-corrected chi connectivity index (χ1v) is 8.74. The van der Waals surface area contributed by atoms with Gasteiger partial charge in [0.1, 0.15) is 10.7 Å². The van der Waals surface area contributed by atoms with Gasteiger partial charge in [-0.1, -0.05) is 32.4 Å². The fraction of sp³-hybridized carbons (Fsp3) is 0.571. The van der Waals surface area contributed by atoms with Gasteiger partial charge in [-0.25, -0.2) is 17.5 Å². The van der Waals surface area contributed by atoms with Crippen LogP contribution in [0.4, 0.5) is 4.39 Å². The minimum absolute atomic E-state index is 0.0747. The third-order valence-electron chi connectivity index (χ3n) is 3.75. The van der Waals surface area contributed by atoms with Crippen molar-refractivity contribution in [3.63, 3.8) is 0 Å². The Morgan fingerprint density at radius 3 is 2.57 bits per heavy atom. The van der Waals surface area contributed by atoms with Crippen molar-refractivity contribution in [2.45, 2.75) is 44.7 Å². The number of rotatable bonds is 6. The summed E-state index contributed by atoms with van der Waals surface area (Å²) in [5.74, 6) is -0.744. The van der Waals surface area contributed by atoms with Gasteiger partial charge in [0, 0.05) is 23.2 Å². The van der Waals surface area contributed by atoms with Crippen LogP contribution in [0, 0.1) is 11.2 Å². The van der Waals surface area contributed by atoms with Gasteiger partial charge >= 0.3 is 0 Å². The van der Waals surface area contributed by atoms with E-state index in [-0.39, 0.29) is 33.5 Å². The number of nitrogens with one attached hydrogen (secondary N) is 2. The molecule has 21 heavy (non-hydrogen) atoms. The minimum Gasteiger partial charge on any atom is -0.313 e. The third-order valence-corrected chi connectivity index (χ3v) is 5.43. The van der Waals surface area contributed by atoms with Gasteiger partial charge in [0.15, 0.2) is 0 Å². The zero-order chi connectivity index (χ0) is 15.8. The lowest BCUT2D eigenvalue weighted by molar-refractivity contribution is 0.533. The summed E-state index contributed by atoms with van der Waals surface area (Å²) in [6.07, 6.45) is 0.749. The molecule has 1 atom stereocenters. The largest absolute Gasteiger partial charge is 0.313 e. The van der Waals surface area contributed by atoms with E-state index >= 15 is 0 Å². The maximum absolute atomic E-state index is 14.4. The average Bonchev–Trinajstić information content (AvgIpc) is 2.95. The summed E-state index contributed by atoms with van der Waals surface area (Å²) < 4.78 is 41.6. The van der Waals surface area contributed by atoms with Crippen LogP contribution in [0.2, 0.25) is 5.02 Å². The first-order chi connectivity index (χ1) is 9.67. The van der Waals surface area contributed by atoms with Crippen LogP contribution < -0.4 is 10.0 Å².